The van der Waals surface area contributed by atoms with Gasteiger partial charge in [0.2, 0.25) is 0 Å². The number of rotatable bonds is 10. The van der Waals surface area contributed by atoms with Crippen LogP contribution in [-0.4, -0.2) is 36.1 Å². The first-order chi connectivity index (χ1) is 15.5. The van der Waals surface area contributed by atoms with E-state index < -0.39 is 21.7 Å². The lowest BCUT2D eigenvalue weighted by molar-refractivity contribution is 0.0910. The zero-order valence-corrected chi connectivity index (χ0v) is 22.9. The van der Waals surface area contributed by atoms with E-state index in [1.165, 1.54) is 16.7 Å². The fourth-order valence-corrected chi connectivity index (χ4v) is 4.75. The van der Waals surface area contributed by atoms with E-state index in [4.69, 9.17) is 46.5 Å². The van der Waals surface area contributed by atoms with E-state index in [1.807, 2.05) is 32.0 Å². The maximum atomic E-state index is 6.35. The summed E-state index contributed by atoms with van der Waals surface area (Å²) in [6, 6.07) is 31.6. The Kier molecular flexibility index (Phi) is 12.6. The fourth-order valence-electron chi connectivity index (χ4n) is 3.53. The van der Waals surface area contributed by atoms with Crippen LogP contribution in [0.25, 0.3) is 0 Å². The van der Waals surface area contributed by atoms with Crippen LogP contribution in [0.2, 0.25) is 0 Å². The van der Waals surface area contributed by atoms with E-state index in [2.05, 4.69) is 72.8 Å². The molecule has 3 aromatic carbocycles. The van der Waals surface area contributed by atoms with Crippen LogP contribution >= 0.6 is 33.2 Å². The van der Waals surface area contributed by atoms with Crippen LogP contribution in [-0.2, 0) is 18.7 Å². The first-order valence-corrected chi connectivity index (χ1v) is 17.1. The third-order valence-corrected chi connectivity index (χ3v) is 6.49. The molecule has 3 rings (SSSR count). The number of halogens is 3. The van der Waals surface area contributed by atoms with Crippen molar-refractivity contribution >= 4 is 49.5 Å². The van der Waals surface area contributed by atoms with Crippen LogP contribution in [0.5, 0.6) is 0 Å². The topological polar surface area (TPSA) is 27.7 Å². The number of hydrogen-bond acceptors (Lipinski definition) is 3. The highest BCUT2D eigenvalue weighted by Crippen LogP contribution is 2.39. The second kappa shape index (κ2) is 14.9. The van der Waals surface area contributed by atoms with Crippen LogP contribution < -0.4 is 0 Å². The summed E-state index contributed by atoms with van der Waals surface area (Å²) in [5.74, 6) is 0. The van der Waals surface area contributed by atoms with E-state index in [-0.39, 0.29) is 0 Å². The van der Waals surface area contributed by atoms with Gasteiger partial charge in [0.1, 0.15) is 0 Å². The third kappa shape index (κ3) is 8.01. The Labute approximate surface area is 208 Å². The van der Waals surface area contributed by atoms with Gasteiger partial charge >= 0.3 is 16.3 Å². The van der Waals surface area contributed by atoms with Crippen LogP contribution in [0.1, 0.15) is 30.5 Å². The minimum absolute atomic E-state index is 0.441. The van der Waals surface area contributed by atoms with E-state index in [9.17, 15) is 0 Å². The maximum Gasteiger partial charge on any atom is 0.484 e. The maximum absolute atomic E-state index is 6.35. The Bertz CT molecular complexity index is 766. The van der Waals surface area contributed by atoms with Crippen molar-refractivity contribution in [3.05, 3.63) is 108 Å². The lowest BCUT2D eigenvalue weighted by Gasteiger charge is -2.36. The Morgan fingerprint density at radius 2 is 0.906 bits per heavy atom. The number of hydrogen-bond donors (Lipinski definition) is 0. The van der Waals surface area contributed by atoms with Crippen molar-refractivity contribution < 1.29 is 13.3 Å². The molecular formula is C24H29Cl3O3Si2. The molecule has 0 aliphatic heterocycles. The average molecular weight is 528 g/mol. The van der Waals surface area contributed by atoms with Gasteiger partial charge in [0.05, 0.1) is 12.0 Å². The van der Waals surface area contributed by atoms with Gasteiger partial charge in [0.25, 0.3) is 0 Å². The molecule has 0 aliphatic rings. The Morgan fingerprint density at radius 3 is 1.19 bits per heavy atom. The Morgan fingerprint density at radius 1 is 0.594 bits per heavy atom. The molecule has 3 nitrogen and oxygen atoms in total. The third-order valence-electron chi connectivity index (χ3n) is 4.84. The molecule has 0 unspecified atom stereocenters. The van der Waals surface area contributed by atoms with Gasteiger partial charge in [-0.05, 0) is 30.5 Å². The highest BCUT2D eigenvalue weighted by atomic mass is 35.8. The van der Waals surface area contributed by atoms with Gasteiger partial charge in [-0.1, -0.05) is 91.0 Å². The molecule has 0 aliphatic carbocycles. The van der Waals surface area contributed by atoms with Crippen molar-refractivity contribution in [2.75, 3.05) is 19.8 Å². The molecule has 0 fully saturated rings. The second-order valence-corrected chi connectivity index (χ2v) is 14.8. The van der Waals surface area contributed by atoms with Crippen LogP contribution in [0.3, 0.4) is 0 Å². The summed E-state index contributed by atoms with van der Waals surface area (Å²) < 4.78 is 17.9. The van der Waals surface area contributed by atoms with Gasteiger partial charge < -0.3 is 13.3 Å². The standard InChI is InChI=1S/C24H28O3Si.Cl3HSi/c1-3-25-28(26-4-2)27-20-24(21-14-8-5-9-15-21,22-16-10-6-11-17-22)23-18-12-7-13-19-23;1-4(2)3/h5-19,28H,3-4,20H2,1-2H3;4H. The van der Waals surface area contributed by atoms with Crippen molar-refractivity contribution in [1.29, 1.82) is 0 Å². The molecule has 8 heteroatoms. The molecule has 0 heterocycles. The summed E-state index contributed by atoms with van der Waals surface area (Å²) in [6.07, 6.45) is 0. The summed E-state index contributed by atoms with van der Waals surface area (Å²) in [5, 5.41) is 0. The van der Waals surface area contributed by atoms with E-state index in [0.717, 1.165) is 0 Å². The highest BCUT2D eigenvalue weighted by molar-refractivity contribution is 7.54. The molecule has 0 amide bonds. The smallest absolute Gasteiger partial charge is 0.376 e. The second-order valence-electron chi connectivity index (χ2n) is 6.76. The van der Waals surface area contributed by atoms with Gasteiger partial charge in [0.15, 0.2) is 0 Å². The van der Waals surface area contributed by atoms with Crippen molar-refractivity contribution in [3.63, 3.8) is 0 Å². The van der Waals surface area contributed by atoms with Gasteiger partial charge in [0, 0.05) is 13.2 Å². The molecule has 0 saturated heterocycles. The van der Waals surface area contributed by atoms with Crippen LogP contribution in [0.15, 0.2) is 91.0 Å². The highest BCUT2D eigenvalue weighted by Gasteiger charge is 2.37. The van der Waals surface area contributed by atoms with Gasteiger partial charge in [-0.25, -0.2) is 0 Å². The molecule has 172 valence electrons. The number of benzene rings is 3. The van der Waals surface area contributed by atoms with Gasteiger partial charge in [-0.15, -0.1) is 33.2 Å². The zero-order valence-electron chi connectivity index (χ0n) is 18.3. The molecule has 0 radical (unpaired) electrons. The monoisotopic (exact) mass is 526 g/mol. The first-order valence-electron chi connectivity index (χ1n) is 10.5. The minimum atomic E-state index is -2.20. The largest absolute Gasteiger partial charge is 0.484 e. The lowest BCUT2D eigenvalue weighted by atomic mass is 9.70. The summed E-state index contributed by atoms with van der Waals surface area (Å²) >= 11 is 14.8. The van der Waals surface area contributed by atoms with Crippen molar-refractivity contribution in [1.82, 2.24) is 0 Å². The van der Waals surface area contributed by atoms with E-state index >= 15 is 0 Å². The molecule has 3 aromatic rings. The molecule has 0 N–H and O–H groups in total. The summed E-state index contributed by atoms with van der Waals surface area (Å²) in [7, 11) is -2.20. The quantitative estimate of drug-likeness (QED) is 0.177. The van der Waals surface area contributed by atoms with E-state index in [0.29, 0.717) is 19.8 Å². The normalized spacial score (nSPS) is 11.3. The predicted octanol–water partition coefficient (Wildman–Crippen LogP) is 6.25. The average Bonchev–Trinajstić information content (AvgIpc) is 2.81. The molecule has 0 atom stereocenters. The SMILES string of the molecule is CCO[SiH](OCC)OCC(c1ccccc1)(c1ccccc1)c1ccccc1.Cl[SiH](Cl)Cl. The summed E-state index contributed by atoms with van der Waals surface area (Å²) in [6.45, 7) is 3.86. The first kappa shape index (κ1) is 27.1. The minimum Gasteiger partial charge on any atom is -0.376 e. The molecule has 32 heavy (non-hydrogen) atoms. The summed E-state index contributed by atoms with van der Waals surface area (Å²) in [4.78, 5) is 0. The summed E-state index contributed by atoms with van der Waals surface area (Å²) in [5.41, 5.74) is 3.12. The van der Waals surface area contributed by atoms with Gasteiger partial charge in [-0.2, -0.15) is 0 Å². The molecular weight excluding hydrogens is 499 g/mol. The fraction of sp³-hybridized carbons (Fsp3) is 0.250. The van der Waals surface area contributed by atoms with E-state index in [1.54, 1.807) is 0 Å². The van der Waals surface area contributed by atoms with Crippen molar-refractivity contribution in [2.24, 2.45) is 0 Å². The zero-order chi connectivity index (χ0) is 23.2. The Balaban J connectivity index is 0.000000837. The predicted molar refractivity (Wildman–Crippen MR) is 140 cm³/mol. The van der Waals surface area contributed by atoms with Gasteiger partial charge in [-0.3, -0.25) is 0 Å². The molecule has 0 spiro atoms. The Hall–Kier alpha value is -1.16. The van der Waals surface area contributed by atoms with Crippen molar-refractivity contribution in [3.8, 4) is 0 Å². The molecule has 0 aromatic heterocycles. The van der Waals surface area contributed by atoms with Crippen LogP contribution in [0, 0.1) is 0 Å². The lowest BCUT2D eigenvalue weighted by Crippen LogP contribution is -2.39. The molecule has 0 saturated carbocycles. The van der Waals surface area contributed by atoms with Crippen LogP contribution in [0.4, 0.5) is 0 Å². The van der Waals surface area contributed by atoms with Crippen molar-refractivity contribution in [2.45, 2.75) is 19.3 Å². The molecule has 0 bridgehead atoms.